The van der Waals surface area contributed by atoms with Crippen molar-refractivity contribution in [1.29, 1.82) is 0 Å². The molecule has 1 aromatic heterocycles. The molecule has 3 aromatic carbocycles. The average Bonchev–Trinajstić information content (AvgIpc) is 3.30. The Morgan fingerprint density at radius 2 is 1.59 bits per heavy atom. The molecule has 0 atom stereocenters. The highest BCUT2D eigenvalue weighted by atomic mass is 35.5. The lowest BCUT2D eigenvalue weighted by Gasteiger charge is -2.23. The first-order valence-electron chi connectivity index (χ1n) is 12.2. The maximum atomic E-state index is 13.4. The van der Waals surface area contributed by atoms with Crippen molar-refractivity contribution in [3.05, 3.63) is 94.6 Å². The van der Waals surface area contributed by atoms with Crippen molar-refractivity contribution < 1.29 is 13.2 Å². The van der Waals surface area contributed by atoms with E-state index in [9.17, 15) is 13.2 Å². The molecule has 0 fully saturated rings. The van der Waals surface area contributed by atoms with E-state index in [4.69, 9.17) is 23.2 Å². The van der Waals surface area contributed by atoms with E-state index in [1.165, 1.54) is 24.3 Å². The number of imidazole rings is 1. The standard InChI is InChI=1S/C28H29Cl2N5O3S/c1-20-5-4-6-24(17-20)35-18-26(21-7-9-22(29)10-8-21)31-28(35)32-27(36)19-34(16-15-33(2)3)39(37,38)25-13-11-23(30)12-14-25/h4-14,17-18H,15-16,19H2,1-3H3,(H,31,32,36). The molecule has 0 saturated heterocycles. The van der Waals surface area contributed by atoms with Crippen molar-refractivity contribution in [2.24, 2.45) is 0 Å². The highest BCUT2D eigenvalue weighted by molar-refractivity contribution is 7.89. The lowest BCUT2D eigenvalue weighted by molar-refractivity contribution is -0.116. The summed E-state index contributed by atoms with van der Waals surface area (Å²) in [6, 6.07) is 20.9. The van der Waals surface area contributed by atoms with Crippen LogP contribution in [0.1, 0.15) is 5.56 Å². The van der Waals surface area contributed by atoms with Gasteiger partial charge in [0.2, 0.25) is 21.9 Å². The summed E-state index contributed by atoms with van der Waals surface area (Å²) in [4.78, 5) is 19.9. The summed E-state index contributed by atoms with van der Waals surface area (Å²) in [5.74, 6) is -0.250. The number of benzene rings is 3. The van der Waals surface area contributed by atoms with Gasteiger partial charge in [0.25, 0.3) is 0 Å². The number of carbonyl (C=O) groups is 1. The molecule has 0 unspecified atom stereocenters. The largest absolute Gasteiger partial charge is 0.308 e. The number of hydrogen-bond donors (Lipinski definition) is 1. The first-order chi connectivity index (χ1) is 18.5. The SMILES string of the molecule is Cc1cccc(-n2cc(-c3ccc(Cl)cc3)nc2NC(=O)CN(CCN(C)C)S(=O)(=O)c2ccc(Cl)cc2)c1. The summed E-state index contributed by atoms with van der Waals surface area (Å²) in [5, 5.41) is 3.85. The molecule has 0 radical (unpaired) electrons. The van der Waals surface area contributed by atoms with Crippen molar-refractivity contribution in [3.8, 4) is 16.9 Å². The van der Waals surface area contributed by atoms with E-state index in [1.54, 1.807) is 16.7 Å². The third-order valence-electron chi connectivity index (χ3n) is 5.94. The molecule has 4 aromatic rings. The van der Waals surface area contributed by atoms with E-state index in [0.29, 0.717) is 22.3 Å². The van der Waals surface area contributed by atoms with Gasteiger partial charge in [-0.15, -0.1) is 0 Å². The molecule has 4 rings (SSSR count). The number of anilines is 1. The number of aryl methyl sites for hydroxylation is 1. The molecule has 11 heteroatoms. The summed E-state index contributed by atoms with van der Waals surface area (Å²) < 4.78 is 29.8. The highest BCUT2D eigenvalue weighted by Crippen LogP contribution is 2.26. The topological polar surface area (TPSA) is 87.5 Å². The Kier molecular flexibility index (Phi) is 9.09. The first kappa shape index (κ1) is 28.8. The van der Waals surface area contributed by atoms with Crippen LogP contribution in [0.5, 0.6) is 0 Å². The third-order valence-corrected chi connectivity index (χ3v) is 8.31. The van der Waals surface area contributed by atoms with Gasteiger partial charge in [0.1, 0.15) is 0 Å². The van der Waals surface area contributed by atoms with Gasteiger partial charge >= 0.3 is 0 Å². The van der Waals surface area contributed by atoms with E-state index in [0.717, 1.165) is 21.1 Å². The zero-order chi connectivity index (χ0) is 28.2. The fraction of sp³-hybridized carbons (Fsp3) is 0.214. The van der Waals surface area contributed by atoms with Gasteiger partial charge in [0, 0.05) is 40.6 Å². The number of amides is 1. The molecule has 0 saturated carbocycles. The molecule has 1 heterocycles. The maximum Gasteiger partial charge on any atom is 0.243 e. The summed E-state index contributed by atoms with van der Waals surface area (Å²) in [6.07, 6.45) is 1.82. The number of hydrogen-bond acceptors (Lipinski definition) is 5. The molecule has 204 valence electrons. The third kappa shape index (κ3) is 7.26. The zero-order valence-corrected chi connectivity index (χ0v) is 24.1. The van der Waals surface area contributed by atoms with Crippen molar-refractivity contribution in [2.45, 2.75) is 11.8 Å². The molecule has 0 aliphatic heterocycles. The van der Waals surface area contributed by atoms with Crippen LogP contribution in [0.4, 0.5) is 5.95 Å². The van der Waals surface area contributed by atoms with Gasteiger partial charge < -0.3 is 4.90 Å². The molecule has 1 N–H and O–H groups in total. The number of nitrogens with one attached hydrogen (secondary N) is 1. The van der Waals surface area contributed by atoms with E-state index >= 15 is 0 Å². The quantitative estimate of drug-likeness (QED) is 0.271. The van der Waals surface area contributed by atoms with Crippen molar-refractivity contribution in [2.75, 3.05) is 39.0 Å². The fourth-order valence-corrected chi connectivity index (χ4v) is 5.52. The Bertz CT molecular complexity index is 1550. The Morgan fingerprint density at radius 1 is 0.949 bits per heavy atom. The minimum Gasteiger partial charge on any atom is -0.308 e. The van der Waals surface area contributed by atoms with Gasteiger partial charge in [-0.05, 0) is 75.1 Å². The van der Waals surface area contributed by atoms with E-state index in [2.05, 4.69) is 10.3 Å². The predicted octanol–water partition coefficient (Wildman–Crippen LogP) is 5.35. The summed E-state index contributed by atoms with van der Waals surface area (Å²) >= 11 is 12.0. The number of nitrogens with zero attached hydrogens (tertiary/aromatic N) is 4. The van der Waals surface area contributed by atoms with Gasteiger partial charge in [-0.2, -0.15) is 4.31 Å². The molecule has 0 aliphatic carbocycles. The molecule has 1 amide bonds. The highest BCUT2D eigenvalue weighted by Gasteiger charge is 2.27. The first-order valence-corrected chi connectivity index (χ1v) is 14.4. The number of carbonyl (C=O) groups excluding carboxylic acids is 1. The second-order valence-corrected chi connectivity index (χ2v) is 12.1. The van der Waals surface area contributed by atoms with Crippen molar-refractivity contribution >= 4 is 45.1 Å². The smallest absolute Gasteiger partial charge is 0.243 e. The lowest BCUT2D eigenvalue weighted by Crippen LogP contribution is -2.41. The van der Waals surface area contributed by atoms with Crippen LogP contribution in [0.25, 0.3) is 16.9 Å². The van der Waals surface area contributed by atoms with Gasteiger partial charge in [-0.25, -0.2) is 13.4 Å². The number of aromatic nitrogens is 2. The number of rotatable bonds is 10. The Balaban J connectivity index is 1.65. The number of halogens is 2. The van der Waals surface area contributed by atoms with Gasteiger partial charge in [-0.3, -0.25) is 14.7 Å². The van der Waals surface area contributed by atoms with Crippen LogP contribution < -0.4 is 5.32 Å². The van der Waals surface area contributed by atoms with Crippen LogP contribution in [0.15, 0.2) is 83.9 Å². The van der Waals surface area contributed by atoms with Crippen LogP contribution in [-0.4, -0.2) is 66.8 Å². The van der Waals surface area contributed by atoms with Crippen LogP contribution in [0.2, 0.25) is 10.0 Å². The summed E-state index contributed by atoms with van der Waals surface area (Å²) in [7, 11) is -0.288. The van der Waals surface area contributed by atoms with Crippen LogP contribution >= 0.6 is 23.2 Å². The summed E-state index contributed by atoms with van der Waals surface area (Å²) in [5.41, 5.74) is 3.28. The lowest BCUT2D eigenvalue weighted by atomic mass is 10.2. The van der Waals surface area contributed by atoms with E-state index in [1.807, 2.05) is 68.5 Å². The molecule has 39 heavy (non-hydrogen) atoms. The molecule has 0 spiro atoms. The monoisotopic (exact) mass is 585 g/mol. The summed E-state index contributed by atoms with van der Waals surface area (Å²) in [6.45, 7) is 2.13. The minimum absolute atomic E-state index is 0.0599. The minimum atomic E-state index is -3.96. The molecular weight excluding hydrogens is 557 g/mol. The zero-order valence-electron chi connectivity index (χ0n) is 21.8. The van der Waals surface area contributed by atoms with Crippen molar-refractivity contribution in [1.82, 2.24) is 18.8 Å². The molecule has 0 bridgehead atoms. The van der Waals surface area contributed by atoms with Crippen LogP contribution in [-0.2, 0) is 14.8 Å². The van der Waals surface area contributed by atoms with E-state index in [-0.39, 0.29) is 17.4 Å². The number of likely N-dealkylation sites (N-methyl/N-ethyl adjacent to an activating group) is 1. The van der Waals surface area contributed by atoms with E-state index < -0.39 is 22.5 Å². The van der Waals surface area contributed by atoms with Gasteiger partial charge in [0.15, 0.2) is 0 Å². The Hall–Kier alpha value is -3.21. The fourth-order valence-electron chi connectivity index (χ4n) is 3.88. The van der Waals surface area contributed by atoms with Crippen LogP contribution in [0.3, 0.4) is 0 Å². The second kappa shape index (κ2) is 12.3. The predicted molar refractivity (Wildman–Crippen MR) is 156 cm³/mol. The Morgan fingerprint density at radius 3 is 2.21 bits per heavy atom. The van der Waals surface area contributed by atoms with Crippen LogP contribution in [0, 0.1) is 6.92 Å². The molecule has 0 aliphatic rings. The second-order valence-electron chi connectivity index (χ2n) is 9.31. The Labute approximate surface area is 238 Å². The number of sulfonamides is 1. The van der Waals surface area contributed by atoms with Gasteiger partial charge in [0.05, 0.1) is 17.1 Å². The van der Waals surface area contributed by atoms with Crippen molar-refractivity contribution in [3.63, 3.8) is 0 Å². The normalized spacial score (nSPS) is 11.8. The maximum absolute atomic E-state index is 13.4. The van der Waals surface area contributed by atoms with Gasteiger partial charge in [-0.1, -0.05) is 47.5 Å². The average molecular weight is 587 g/mol. The molecule has 8 nitrogen and oxygen atoms in total. The molecular formula is C28H29Cl2N5O3S.